The lowest BCUT2D eigenvalue weighted by atomic mass is 10.2. The lowest BCUT2D eigenvalue weighted by molar-refractivity contribution is -0.131. The number of carbonyl (C=O) groups is 2. The van der Waals surface area contributed by atoms with Crippen LogP contribution in [0.2, 0.25) is 0 Å². The van der Waals surface area contributed by atoms with Gasteiger partial charge in [-0.2, -0.15) is 0 Å². The third-order valence-corrected chi connectivity index (χ3v) is 2.78. The minimum Gasteiger partial charge on any atom is -0.478 e. The number of aromatic carboxylic acids is 1. The van der Waals surface area contributed by atoms with E-state index in [2.05, 4.69) is 31.9 Å². The summed E-state index contributed by atoms with van der Waals surface area (Å²) in [6, 6.07) is 2.79. The molecule has 1 rings (SSSR count). The highest BCUT2D eigenvalue weighted by Gasteiger charge is 2.13. The number of halogens is 2. The molecular formula is C9H6Br2O4. The van der Waals surface area contributed by atoms with Gasteiger partial charge in [0, 0.05) is 11.4 Å². The lowest BCUT2D eigenvalue weighted by Gasteiger charge is -2.06. The standard InChI is InChI=1S/C9H6Br2O4/c1-4(12)15-8-3-6(10)5(9(13)14)2-7(8)11/h2-3H,1H3,(H,13,14). The summed E-state index contributed by atoms with van der Waals surface area (Å²) in [4.78, 5) is 21.5. The van der Waals surface area contributed by atoms with Crippen molar-refractivity contribution in [2.24, 2.45) is 0 Å². The van der Waals surface area contributed by atoms with E-state index < -0.39 is 11.9 Å². The molecule has 0 aliphatic rings. The molecule has 0 aliphatic carbocycles. The summed E-state index contributed by atoms with van der Waals surface area (Å²) in [5.74, 6) is -1.25. The van der Waals surface area contributed by atoms with Crippen LogP contribution in [0.15, 0.2) is 21.1 Å². The van der Waals surface area contributed by atoms with Crippen molar-refractivity contribution in [3.63, 3.8) is 0 Å². The summed E-state index contributed by atoms with van der Waals surface area (Å²) in [7, 11) is 0. The molecule has 6 heteroatoms. The fourth-order valence-electron chi connectivity index (χ4n) is 0.926. The molecule has 0 aromatic heterocycles. The number of ether oxygens (including phenoxy) is 1. The zero-order valence-electron chi connectivity index (χ0n) is 7.58. The molecular weight excluding hydrogens is 332 g/mol. The van der Waals surface area contributed by atoms with Gasteiger partial charge in [0.05, 0.1) is 10.0 Å². The van der Waals surface area contributed by atoms with Crippen LogP contribution in [0.4, 0.5) is 0 Å². The Hall–Kier alpha value is -0.880. The molecule has 0 radical (unpaired) electrons. The monoisotopic (exact) mass is 336 g/mol. The van der Waals surface area contributed by atoms with Gasteiger partial charge in [-0.15, -0.1) is 0 Å². The lowest BCUT2D eigenvalue weighted by Crippen LogP contribution is -2.04. The number of benzene rings is 1. The summed E-state index contributed by atoms with van der Waals surface area (Å²) in [5.41, 5.74) is 0.0952. The van der Waals surface area contributed by atoms with Gasteiger partial charge in [0.25, 0.3) is 0 Å². The zero-order chi connectivity index (χ0) is 11.6. The SMILES string of the molecule is CC(=O)Oc1cc(Br)c(C(=O)O)cc1Br. The first-order valence-corrected chi connectivity index (χ1v) is 5.41. The highest BCUT2D eigenvalue weighted by Crippen LogP contribution is 2.31. The predicted octanol–water partition coefficient (Wildman–Crippen LogP) is 2.84. The van der Waals surface area contributed by atoms with Crippen LogP contribution in [0.1, 0.15) is 17.3 Å². The van der Waals surface area contributed by atoms with Gasteiger partial charge in [-0.25, -0.2) is 4.79 Å². The third kappa shape index (κ3) is 3.04. The van der Waals surface area contributed by atoms with Gasteiger partial charge in [-0.05, 0) is 44.0 Å². The number of hydrogen-bond acceptors (Lipinski definition) is 3. The van der Waals surface area contributed by atoms with Crippen molar-refractivity contribution in [3.8, 4) is 5.75 Å². The second kappa shape index (κ2) is 4.76. The van der Waals surface area contributed by atoms with Crippen molar-refractivity contribution in [1.82, 2.24) is 0 Å². The van der Waals surface area contributed by atoms with Gasteiger partial charge >= 0.3 is 11.9 Å². The molecule has 0 saturated heterocycles. The quantitative estimate of drug-likeness (QED) is 0.665. The van der Waals surface area contributed by atoms with E-state index in [0.29, 0.717) is 8.95 Å². The Morgan fingerprint density at radius 3 is 2.33 bits per heavy atom. The molecule has 0 spiro atoms. The first-order chi connectivity index (χ1) is 6.91. The minimum atomic E-state index is -1.06. The number of carbonyl (C=O) groups excluding carboxylic acids is 1. The van der Waals surface area contributed by atoms with Crippen LogP contribution in [-0.2, 0) is 4.79 Å². The van der Waals surface area contributed by atoms with Crippen LogP contribution in [0, 0.1) is 0 Å². The summed E-state index contributed by atoms with van der Waals surface area (Å²) in [6.07, 6.45) is 0. The van der Waals surface area contributed by atoms with Gasteiger partial charge in [0.2, 0.25) is 0 Å². The number of rotatable bonds is 2. The summed E-state index contributed by atoms with van der Waals surface area (Å²) in [5, 5.41) is 8.80. The molecule has 0 unspecified atom stereocenters. The van der Waals surface area contributed by atoms with Gasteiger partial charge in [0.15, 0.2) is 0 Å². The molecule has 0 amide bonds. The van der Waals surface area contributed by atoms with Crippen LogP contribution in [0.5, 0.6) is 5.75 Å². The molecule has 15 heavy (non-hydrogen) atoms. The highest BCUT2D eigenvalue weighted by molar-refractivity contribution is 9.11. The Balaban J connectivity index is 3.19. The second-order valence-corrected chi connectivity index (χ2v) is 4.37. The topological polar surface area (TPSA) is 63.6 Å². The molecule has 0 heterocycles. The van der Waals surface area contributed by atoms with Crippen LogP contribution in [0.25, 0.3) is 0 Å². The van der Waals surface area contributed by atoms with E-state index >= 15 is 0 Å². The second-order valence-electron chi connectivity index (χ2n) is 2.66. The van der Waals surface area contributed by atoms with Crippen molar-refractivity contribution in [2.75, 3.05) is 0 Å². The smallest absolute Gasteiger partial charge is 0.336 e. The van der Waals surface area contributed by atoms with E-state index in [1.54, 1.807) is 0 Å². The maximum atomic E-state index is 10.7. The van der Waals surface area contributed by atoms with Crippen LogP contribution >= 0.6 is 31.9 Å². The van der Waals surface area contributed by atoms with E-state index in [0.717, 1.165) is 0 Å². The largest absolute Gasteiger partial charge is 0.478 e. The zero-order valence-corrected chi connectivity index (χ0v) is 10.8. The molecule has 0 bridgehead atoms. The summed E-state index contributed by atoms with van der Waals surface area (Å²) >= 11 is 6.20. The van der Waals surface area contributed by atoms with Crippen molar-refractivity contribution in [3.05, 3.63) is 26.6 Å². The van der Waals surface area contributed by atoms with E-state index in [9.17, 15) is 9.59 Å². The van der Waals surface area contributed by atoms with Crippen LogP contribution < -0.4 is 4.74 Å². The molecule has 1 aromatic carbocycles. The fraction of sp³-hybridized carbons (Fsp3) is 0.111. The summed E-state index contributed by atoms with van der Waals surface area (Å²) in [6.45, 7) is 1.27. The maximum absolute atomic E-state index is 10.7. The molecule has 4 nitrogen and oxygen atoms in total. The number of carboxylic acids is 1. The molecule has 0 fully saturated rings. The molecule has 80 valence electrons. The van der Waals surface area contributed by atoms with Crippen molar-refractivity contribution in [2.45, 2.75) is 6.92 Å². The van der Waals surface area contributed by atoms with Crippen LogP contribution in [0.3, 0.4) is 0 Å². The van der Waals surface area contributed by atoms with Gasteiger partial charge in [-0.3, -0.25) is 4.79 Å². The minimum absolute atomic E-state index is 0.0952. The summed E-state index contributed by atoms with van der Waals surface area (Å²) < 4.78 is 5.62. The van der Waals surface area contributed by atoms with E-state index in [-0.39, 0.29) is 11.3 Å². The highest BCUT2D eigenvalue weighted by atomic mass is 79.9. The fourth-order valence-corrected chi connectivity index (χ4v) is 1.84. The van der Waals surface area contributed by atoms with Crippen molar-refractivity contribution >= 4 is 43.8 Å². The normalized spacial score (nSPS) is 9.80. The molecule has 0 atom stereocenters. The Morgan fingerprint density at radius 1 is 1.27 bits per heavy atom. The molecule has 0 aliphatic heterocycles. The Kier molecular flexibility index (Phi) is 3.87. The molecule has 1 aromatic rings. The molecule has 0 saturated carbocycles. The Morgan fingerprint density at radius 2 is 1.87 bits per heavy atom. The van der Waals surface area contributed by atoms with Crippen LogP contribution in [-0.4, -0.2) is 17.0 Å². The average molecular weight is 338 g/mol. The maximum Gasteiger partial charge on any atom is 0.336 e. The molecule has 1 N–H and O–H groups in total. The average Bonchev–Trinajstić information content (AvgIpc) is 2.09. The number of hydrogen-bond donors (Lipinski definition) is 1. The van der Waals surface area contributed by atoms with E-state index in [4.69, 9.17) is 9.84 Å². The van der Waals surface area contributed by atoms with Gasteiger partial charge < -0.3 is 9.84 Å². The first-order valence-electron chi connectivity index (χ1n) is 3.82. The predicted molar refractivity (Wildman–Crippen MR) is 60.1 cm³/mol. The van der Waals surface area contributed by atoms with Gasteiger partial charge in [-0.1, -0.05) is 0 Å². The van der Waals surface area contributed by atoms with Crippen molar-refractivity contribution < 1.29 is 19.4 Å². The van der Waals surface area contributed by atoms with E-state index in [1.807, 2.05) is 0 Å². The Labute approximate surface area is 102 Å². The Bertz CT molecular complexity index is 428. The first kappa shape index (κ1) is 12.2. The number of carboxylic acid groups (broad SMARTS) is 1. The third-order valence-electron chi connectivity index (χ3n) is 1.51. The van der Waals surface area contributed by atoms with Crippen molar-refractivity contribution in [1.29, 1.82) is 0 Å². The number of esters is 1. The van der Waals surface area contributed by atoms with E-state index in [1.165, 1.54) is 19.1 Å². The van der Waals surface area contributed by atoms with Gasteiger partial charge in [0.1, 0.15) is 5.75 Å².